The molecule has 0 aliphatic rings. The predicted octanol–water partition coefficient (Wildman–Crippen LogP) is 0.852. The molecule has 0 radical (unpaired) electrons. The number of aliphatic hydroxyl groups is 1. The maximum atomic E-state index is 13.5. The van der Waals surface area contributed by atoms with Crippen LogP contribution in [0.1, 0.15) is 10.4 Å². The monoisotopic (exact) mass is 319 g/mol. The van der Waals surface area contributed by atoms with Gasteiger partial charge in [0, 0.05) is 4.47 Å². The van der Waals surface area contributed by atoms with Gasteiger partial charge in [0.15, 0.2) is 6.04 Å². The first-order valence-corrected chi connectivity index (χ1v) is 5.74. The zero-order valence-electron chi connectivity index (χ0n) is 9.44. The van der Waals surface area contributed by atoms with Gasteiger partial charge in [-0.3, -0.25) is 4.79 Å². The highest BCUT2D eigenvalue weighted by Crippen LogP contribution is 2.19. The molecule has 0 saturated carbocycles. The van der Waals surface area contributed by atoms with Gasteiger partial charge >= 0.3 is 5.97 Å². The highest BCUT2D eigenvalue weighted by atomic mass is 79.9. The van der Waals surface area contributed by atoms with E-state index in [2.05, 4.69) is 26.0 Å². The van der Waals surface area contributed by atoms with E-state index in [0.717, 1.165) is 13.2 Å². The first-order chi connectivity index (χ1) is 8.51. The lowest BCUT2D eigenvalue weighted by atomic mass is 10.2. The van der Waals surface area contributed by atoms with E-state index >= 15 is 0 Å². The van der Waals surface area contributed by atoms with E-state index in [4.69, 9.17) is 5.11 Å². The van der Waals surface area contributed by atoms with Gasteiger partial charge in [-0.25, -0.2) is 9.18 Å². The molecular weight excluding hydrogens is 309 g/mol. The minimum absolute atomic E-state index is 0.236. The average molecular weight is 320 g/mol. The summed E-state index contributed by atoms with van der Waals surface area (Å²) in [5.74, 6) is -2.36. The van der Waals surface area contributed by atoms with Crippen LogP contribution in [-0.2, 0) is 9.53 Å². The molecule has 1 aromatic rings. The molecule has 7 heteroatoms. The van der Waals surface area contributed by atoms with Crippen molar-refractivity contribution in [3.63, 3.8) is 0 Å². The third-order valence-corrected chi connectivity index (χ3v) is 2.82. The Kier molecular flexibility index (Phi) is 5.24. The number of ether oxygens (including phenoxy) is 1. The summed E-state index contributed by atoms with van der Waals surface area (Å²) < 4.78 is 18.1. The Labute approximate surface area is 111 Å². The molecule has 1 amide bonds. The van der Waals surface area contributed by atoms with Gasteiger partial charge < -0.3 is 15.2 Å². The van der Waals surface area contributed by atoms with Crippen molar-refractivity contribution in [3.8, 4) is 0 Å². The van der Waals surface area contributed by atoms with Crippen molar-refractivity contribution >= 4 is 27.8 Å². The molecule has 5 nitrogen and oxygen atoms in total. The van der Waals surface area contributed by atoms with Crippen molar-refractivity contribution < 1.29 is 23.8 Å². The topological polar surface area (TPSA) is 75.6 Å². The molecule has 1 unspecified atom stereocenters. The summed E-state index contributed by atoms with van der Waals surface area (Å²) in [5.41, 5.74) is -0.236. The third-order valence-electron chi connectivity index (χ3n) is 2.16. The van der Waals surface area contributed by atoms with Crippen molar-refractivity contribution in [2.75, 3.05) is 13.7 Å². The number of amides is 1. The van der Waals surface area contributed by atoms with E-state index in [1.54, 1.807) is 0 Å². The number of benzene rings is 1. The molecular formula is C11H11BrFNO4. The first-order valence-electron chi connectivity index (χ1n) is 4.94. The Morgan fingerprint density at radius 2 is 2.22 bits per heavy atom. The van der Waals surface area contributed by atoms with Crippen LogP contribution in [-0.4, -0.2) is 36.7 Å². The van der Waals surface area contributed by atoms with Crippen LogP contribution < -0.4 is 5.32 Å². The summed E-state index contributed by atoms with van der Waals surface area (Å²) in [7, 11) is 1.12. The van der Waals surface area contributed by atoms with E-state index in [-0.39, 0.29) is 10.0 Å². The van der Waals surface area contributed by atoms with Crippen LogP contribution in [0.2, 0.25) is 0 Å². The number of hydrogen-bond donors (Lipinski definition) is 2. The van der Waals surface area contributed by atoms with E-state index in [9.17, 15) is 14.0 Å². The molecule has 98 valence electrons. The van der Waals surface area contributed by atoms with Crippen LogP contribution in [0.15, 0.2) is 22.7 Å². The number of esters is 1. The van der Waals surface area contributed by atoms with Crippen molar-refractivity contribution in [3.05, 3.63) is 34.1 Å². The highest BCUT2D eigenvalue weighted by molar-refractivity contribution is 9.10. The van der Waals surface area contributed by atoms with Gasteiger partial charge in [0.05, 0.1) is 19.3 Å². The molecule has 0 spiro atoms. The van der Waals surface area contributed by atoms with Gasteiger partial charge in [0.1, 0.15) is 5.82 Å². The molecule has 1 aromatic carbocycles. The Morgan fingerprint density at radius 3 is 2.72 bits per heavy atom. The number of carbonyl (C=O) groups excluding carboxylic acids is 2. The first kappa shape index (κ1) is 14.6. The van der Waals surface area contributed by atoms with Crippen LogP contribution in [0.5, 0.6) is 0 Å². The minimum atomic E-state index is -1.23. The van der Waals surface area contributed by atoms with Gasteiger partial charge in [-0.15, -0.1) is 0 Å². The standard InChI is InChI=1S/C11H11BrFNO4/c1-18-11(17)8(5-15)14-10(16)9-6(12)3-2-4-7(9)13/h2-4,8,15H,5H2,1H3,(H,14,16). The number of aliphatic hydroxyl groups excluding tert-OH is 1. The number of carbonyl (C=O) groups is 2. The van der Waals surface area contributed by atoms with Crippen molar-refractivity contribution in [1.29, 1.82) is 0 Å². The fourth-order valence-electron chi connectivity index (χ4n) is 1.27. The zero-order chi connectivity index (χ0) is 13.7. The van der Waals surface area contributed by atoms with E-state index in [0.29, 0.717) is 0 Å². The molecule has 18 heavy (non-hydrogen) atoms. The van der Waals surface area contributed by atoms with Gasteiger partial charge in [-0.05, 0) is 28.1 Å². The number of nitrogens with one attached hydrogen (secondary N) is 1. The normalized spacial score (nSPS) is 11.8. The number of rotatable bonds is 4. The molecule has 2 N–H and O–H groups in total. The largest absolute Gasteiger partial charge is 0.467 e. The molecule has 0 aliphatic heterocycles. The maximum Gasteiger partial charge on any atom is 0.330 e. The van der Waals surface area contributed by atoms with Gasteiger partial charge in [-0.2, -0.15) is 0 Å². The van der Waals surface area contributed by atoms with E-state index < -0.39 is 30.3 Å². The lowest BCUT2D eigenvalue weighted by Gasteiger charge is -2.14. The molecule has 0 aromatic heterocycles. The second-order valence-electron chi connectivity index (χ2n) is 3.33. The van der Waals surface area contributed by atoms with Crippen LogP contribution in [0.3, 0.4) is 0 Å². The quantitative estimate of drug-likeness (QED) is 0.807. The zero-order valence-corrected chi connectivity index (χ0v) is 11.0. The van der Waals surface area contributed by atoms with Crippen molar-refractivity contribution in [2.24, 2.45) is 0 Å². The Bertz CT molecular complexity index is 446. The number of halogens is 2. The molecule has 0 fully saturated rings. The summed E-state index contributed by atoms with van der Waals surface area (Å²) >= 11 is 3.03. The molecule has 1 rings (SSSR count). The second-order valence-corrected chi connectivity index (χ2v) is 4.18. The lowest BCUT2D eigenvalue weighted by molar-refractivity contribution is -0.143. The maximum absolute atomic E-state index is 13.5. The molecule has 0 aliphatic carbocycles. The molecule has 0 bridgehead atoms. The fraction of sp³-hybridized carbons (Fsp3) is 0.273. The van der Waals surface area contributed by atoms with E-state index in [1.165, 1.54) is 12.1 Å². The van der Waals surface area contributed by atoms with Crippen LogP contribution in [0, 0.1) is 5.82 Å². The Balaban J connectivity index is 2.91. The summed E-state index contributed by atoms with van der Waals surface area (Å²) in [6.45, 7) is -0.634. The summed E-state index contributed by atoms with van der Waals surface area (Å²) in [6.07, 6.45) is 0. The molecule has 1 atom stereocenters. The third kappa shape index (κ3) is 3.27. The smallest absolute Gasteiger partial charge is 0.330 e. The molecule has 0 heterocycles. The predicted molar refractivity (Wildman–Crippen MR) is 64.5 cm³/mol. The Morgan fingerprint density at radius 1 is 1.56 bits per heavy atom. The van der Waals surface area contributed by atoms with Crippen LogP contribution >= 0.6 is 15.9 Å². The average Bonchev–Trinajstić information content (AvgIpc) is 2.34. The minimum Gasteiger partial charge on any atom is -0.467 e. The summed E-state index contributed by atoms with van der Waals surface area (Å²) in [5, 5.41) is 11.1. The van der Waals surface area contributed by atoms with Crippen molar-refractivity contribution in [1.82, 2.24) is 5.32 Å². The van der Waals surface area contributed by atoms with E-state index in [1.807, 2.05) is 0 Å². The van der Waals surface area contributed by atoms with Crippen LogP contribution in [0.4, 0.5) is 4.39 Å². The van der Waals surface area contributed by atoms with Crippen molar-refractivity contribution in [2.45, 2.75) is 6.04 Å². The van der Waals surface area contributed by atoms with Gasteiger partial charge in [0.25, 0.3) is 5.91 Å². The second kappa shape index (κ2) is 6.46. The van der Waals surface area contributed by atoms with Crippen LogP contribution in [0.25, 0.3) is 0 Å². The highest BCUT2D eigenvalue weighted by Gasteiger charge is 2.23. The van der Waals surface area contributed by atoms with Gasteiger partial charge in [0.2, 0.25) is 0 Å². The van der Waals surface area contributed by atoms with Gasteiger partial charge in [-0.1, -0.05) is 6.07 Å². The lowest BCUT2D eigenvalue weighted by Crippen LogP contribution is -2.44. The number of hydrogen-bond acceptors (Lipinski definition) is 4. The number of methoxy groups -OCH3 is 1. The summed E-state index contributed by atoms with van der Waals surface area (Å²) in [4.78, 5) is 23.0. The Hall–Kier alpha value is -1.47. The fourth-order valence-corrected chi connectivity index (χ4v) is 1.79. The summed E-state index contributed by atoms with van der Waals surface area (Å²) in [6, 6.07) is 2.81. The molecule has 0 saturated heterocycles. The SMILES string of the molecule is COC(=O)C(CO)NC(=O)c1c(F)cccc1Br.